The standard InChI is InChI=1S/C18H23N3O/c1-14-5-7-15(8-6-14)12-18(22)19-10-9-16-13-21-11-3-2-4-17(21)20-16/h5-8,13H,2-4,9-12H2,1H3,(H,19,22). The van der Waals surface area contributed by atoms with Crippen molar-refractivity contribution in [3.05, 3.63) is 53.1 Å². The third kappa shape index (κ3) is 3.75. The van der Waals surface area contributed by atoms with Crippen LogP contribution in [0.1, 0.15) is 35.5 Å². The average Bonchev–Trinajstić information content (AvgIpc) is 2.92. The van der Waals surface area contributed by atoms with E-state index in [1.807, 2.05) is 31.2 Å². The maximum Gasteiger partial charge on any atom is 0.224 e. The maximum absolute atomic E-state index is 11.9. The molecule has 0 radical (unpaired) electrons. The fraction of sp³-hybridized carbons (Fsp3) is 0.444. The number of imidazole rings is 1. The number of hydrogen-bond acceptors (Lipinski definition) is 2. The van der Waals surface area contributed by atoms with E-state index in [4.69, 9.17) is 0 Å². The number of hydrogen-bond donors (Lipinski definition) is 1. The second kappa shape index (κ2) is 6.77. The summed E-state index contributed by atoms with van der Waals surface area (Å²) in [5.74, 6) is 1.28. The summed E-state index contributed by atoms with van der Waals surface area (Å²) in [6.07, 6.45) is 6.96. The Morgan fingerprint density at radius 2 is 2.09 bits per heavy atom. The van der Waals surface area contributed by atoms with Gasteiger partial charge in [-0.1, -0.05) is 29.8 Å². The van der Waals surface area contributed by atoms with Gasteiger partial charge in [-0.05, 0) is 25.3 Å². The Balaban J connectivity index is 1.45. The van der Waals surface area contributed by atoms with Crippen LogP contribution >= 0.6 is 0 Å². The molecule has 0 fully saturated rings. The summed E-state index contributed by atoms with van der Waals surface area (Å²) in [6, 6.07) is 8.10. The molecular weight excluding hydrogens is 274 g/mol. The molecule has 4 heteroatoms. The fourth-order valence-corrected chi connectivity index (χ4v) is 2.88. The van der Waals surface area contributed by atoms with Gasteiger partial charge in [0.1, 0.15) is 5.82 Å². The molecule has 0 atom stereocenters. The fourth-order valence-electron chi connectivity index (χ4n) is 2.88. The van der Waals surface area contributed by atoms with Gasteiger partial charge < -0.3 is 9.88 Å². The molecule has 0 bridgehead atoms. The Bertz CT molecular complexity index is 619. The molecule has 0 unspecified atom stereocenters. The zero-order chi connectivity index (χ0) is 15.4. The van der Waals surface area contributed by atoms with E-state index in [0.29, 0.717) is 13.0 Å². The van der Waals surface area contributed by atoms with Crippen LogP contribution in [0.25, 0.3) is 0 Å². The molecule has 0 spiro atoms. The number of fused-ring (bicyclic) bond motifs is 1. The van der Waals surface area contributed by atoms with E-state index >= 15 is 0 Å². The van der Waals surface area contributed by atoms with Crippen LogP contribution in [0.15, 0.2) is 30.5 Å². The highest BCUT2D eigenvalue weighted by molar-refractivity contribution is 5.78. The first-order valence-electron chi connectivity index (χ1n) is 8.08. The van der Waals surface area contributed by atoms with Gasteiger partial charge in [0.05, 0.1) is 12.1 Å². The van der Waals surface area contributed by atoms with Gasteiger partial charge in [-0.15, -0.1) is 0 Å². The average molecular weight is 297 g/mol. The van der Waals surface area contributed by atoms with Gasteiger partial charge >= 0.3 is 0 Å². The number of aryl methyl sites for hydroxylation is 3. The van der Waals surface area contributed by atoms with Crippen molar-refractivity contribution in [3.8, 4) is 0 Å². The lowest BCUT2D eigenvalue weighted by Crippen LogP contribution is -2.27. The van der Waals surface area contributed by atoms with Crippen molar-refractivity contribution in [1.29, 1.82) is 0 Å². The molecule has 1 aliphatic rings. The summed E-state index contributed by atoms with van der Waals surface area (Å²) < 4.78 is 2.26. The summed E-state index contributed by atoms with van der Waals surface area (Å²) in [7, 11) is 0. The first kappa shape index (κ1) is 14.8. The number of benzene rings is 1. The molecule has 0 saturated carbocycles. The summed E-state index contributed by atoms with van der Waals surface area (Å²) in [5, 5.41) is 2.99. The van der Waals surface area contributed by atoms with Crippen molar-refractivity contribution in [3.63, 3.8) is 0 Å². The van der Waals surface area contributed by atoms with Crippen molar-refractivity contribution in [2.24, 2.45) is 0 Å². The summed E-state index contributed by atoms with van der Waals surface area (Å²) in [4.78, 5) is 16.6. The monoisotopic (exact) mass is 297 g/mol. The van der Waals surface area contributed by atoms with Gasteiger partial charge in [-0.3, -0.25) is 4.79 Å². The van der Waals surface area contributed by atoms with Gasteiger partial charge in [-0.2, -0.15) is 0 Å². The van der Waals surface area contributed by atoms with E-state index in [1.165, 1.54) is 24.2 Å². The third-order valence-electron chi connectivity index (χ3n) is 4.15. The largest absolute Gasteiger partial charge is 0.355 e. The second-order valence-electron chi connectivity index (χ2n) is 6.06. The second-order valence-corrected chi connectivity index (χ2v) is 6.06. The van der Waals surface area contributed by atoms with Crippen molar-refractivity contribution >= 4 is 5.91 Å². The van der Waals surface area contributed by atoms with Gasteiger partial charge in [0, 0.05) is 32.1 Å². The van der Waals surface area contributed by atoms with Gasteiger partial charge in [0.15, 0.2) is 0 Å². The molecule has 116 valence electrons. The number of nitrogens with zero attached hydrogens (tertiary/aromatic N) is 2. The molecule has 3 rings (SSSR count). The molecule has 0 saturated heterocycles. The van der Waals surface area contributed by atoms with Crippen LogP contribution in [0.2, 0.25) is 0 Å². The normalized spacial score (nSPS) is 13.7. The van der Waals surface area contributed by atoms with Crippen LogP contribution in [-0.2, 0) is 30.6 Å². The number of aromatic nitrogens is 2. The summed E-state index contributed by atoms with van der Waals surface area (Å²) in [5.41, 5.74) is 3.36. The zero-order valence-corrected chi connectivity index (χ0v) is 13.1. The zero-order valence-electron chi connectivity index (χ0n) is 13.1. The van der Waals surface area contributed by atoms with Crippen molar-refractivity contribution < 1.29 is 4.79 Å². The lowest BCUT2D eigenvalue weighted by atomic mass is 10.1. The Morgan fingerprint density at radius 3 is 2.86 bits per heavy atom. The molecular formula is C18H23N3O. The lowest BCUT2D eigenvalue weighted by molar-refractivity contribution is -0.120. The molecule has 22 heavy (non-hydrogen) atoms. The number of nitrogens with one attached hydrogen (secondary N) is 1. The first-order chi connectivity index (χ1) is 10.7. The number of carbonyl (C=O) groups excluding carboxylic acids is 1. The summed E-state index contributed by atoms with van der Waals surface area (Å²) >= 11 is 0. The van der Waals surface area contributed by atoms with Crippen molar-refractivity contribution in [1.82, 2.24) is 14.9 Å². The molecule has 4 nitrogen and oxygen atoms in total. The maximum atomic E-state index is 11.9. The van der Waals surface area contributed by atoms with E-state index in [0.717, 1.165) is 30.6 Å². The number of rotatable bonds is 5. The molecule has 1 aromatic carbocycles. The predicted molar refractivity (Wildman–Crippen MR) is 86.8 cm³/mol. The molecule has 1 amide bonds. The van der Waals surface area contributed by atoms with Crippen LogP contribution in [0, 0.1) is 6.92 Å². The van der Waals surface area contributed by atoms with Crippen molar-refractivity contribution in [2.45, 2.75) is 45.6 Å². The number of carbonyl (C=O) groups is 1. The molecule has 1 aliphatic heterocycles. The van der Waals surface area contributed by atoms with Crippen LogP contribution in [-0.4, -0.2) is 22.0 Å². The van der Waals surface area contributed by atoms with Gasteiger partial charge in [0.2, 0.25) is 5.91 Å². The molecule has 0 aliphatic carbocycles. The topological polar surface area (TPSA) is 46.9 Å². The van der Waals surface area contributed by atoms with E-state index < -0.39 is 0 Å². The Hall–Kier alpha value is -2.10. The van der Waals surface area contributed by atoms with Gasteiger partial charge in [0.25, 0.3) is 0 Å². The smallest absolute Gasteiger partial charge is 0.224 e. The predicted octanol–water partition coefficient (Wildman–Crippen LogP) is 2.43. The Morgan fingerprint density at radius 1 is 1.27 bits per heavy atom. The van der Waals surface area contributed by atoms with Crippen LogP contribution in [0.5, 0.6) is 0 Å². The molecule has 1 aromatic heterocycles. The van der Waals surface area contributed by atoms with Crippen LogP contribution in [0.3, 0.4) is 0 Å². The van der Waals surface area contributed by atoms with E-state index in [2.05, 4.69) is 21.1 Å². The molecule has 1 N–H and O–H groups in total. The van der Waals surface area contributed by atoms with E-state index in [9.17, 15) is 4.79 Å². The van der Waals surface area contributed by atoms with Crippen LogP contribution < -0.4 is 5.32 Å². The SMILES string of the molecule is Cc1ccc(CC(=O)NCCc2cn3c(n2)CCCC3)cc1. The summed E-state index contributed by atoms with van der Waals surface area (Å²) in [6.45, 7) is 3.79. The first-order valence-corrected chi connectivity index (χ1v) is 8.08. The van der Waals surface area contributed by atoms with Crippen molar-refractivity contribution in [2.75, 3.05) is 6.54 Å². The highest BCUT2D eigenvalue weighted by atomic mass is 16.1. The highest BCUT2D eigenvalue weighted by Gasteiger charge is 2.12. The molecule has 2 aromatic rings. The minimum atomic E-state index is 0.0767. The van der Waals surface area contributed by atoms with E-state index in [1.54, 1.807) is 0 Å². The quantitative estimate of drug-likeness (QED) is 0.921. The van der Waals surface area contributed by atoms with Crippen LogP contribution in [0.4, 0.5) is 0 Å². The third-order valence-corrected chi connectivity index (χ3v) is 4.15. The number of amides is 1. The lowest BCUT2D eigenvalue weighted by Gasteiger charge is -2.11. The van der Waals surface area contributed by atoms with Gasteiger partial charge in [-0.25, -0.2) is 4.98 Å². The Kier molecular flexibility index (Phi) is 4.56. The molecule has 2 heterocycles. The minimum absolute atomic E-state index is 0.0767. The highest BCUT2D eigenvalue weighted by Crippen LogP contribution is 2.14. The Labute approximate surface area is 131 Å². The minimum Gasteiger partial charge on any atom is -0.355 e. The van der Waals surface area contributed by atoms with E-state index in [-0.39, 0.29) is 5.91 Å².